The highest BCUT2D eigenvalue weighted by atomic mass is 28.3. The van der Waals surface area contributed by atoms with Crippen LogP contribution >= 0.6 is 0 Å². The maximum atomic E-state index is 5.41. The third-order valence-electron chi connectivity index (χ3n) is 3.28. The molecule has 2 rings (SSSR count). The molecule has 1 aliphatic heterocycles. The Morgan fingerprint density at radius 1 is 1.07 bits per heavy atom. The molecule has 15 heavy (non-hydrogen) atoms. The molecule has 1 saturated heterocycles. The molecule has 1 aromatic carbocycles. The molecule has 0 N–H and O–H groups in total. The van der Waals surface area contributed by atoms with Crippen molar-refractivity contribution in [2.75, 3.05) is 26.3 Å². The first-order valence-corrected chi connectivity index (χ1v) is 8.54. The van der Waals surface area contributed by atoms with E-state index in [1.165, 1.54) is 5.19 Å². The summed E-state index contributed by atoms with van der Waals surface area (Å²) >= 11 is 0. The summed E-state index contributed by atoms with van der Waals surface area (Å²) in [6.07, 6.45) is 0. The first-order valence-electron chi connectivity index (χ1n) is 5.59. The Hall–Kier alpha value is -0.643. The number of ether oxygens (including phenoxy) is 1. The Morgan fingerprint density at radius 3 is 2.27 bits per heavy atom. The van der Waals surface area contributed by atoms with Gasteiger partial charge in [0.05, 0.1) is 13.2 Å². The Morgan fingerprint density at radius 2 is 1.67 bits per heavy atom. The summed E-state index contributed by atoms with van der Waals surface area (Å²) in [4.78, 5) is 0. The Balaban J connectivity index is 2.18. The Bertz CT molecular complexity index is 307. The minimum absolute atomic E-state index is 0.892. The average Bonchev–Trinajstić information content (AvgIpc) is 2.31. The van der Waals surface area contributed by atoms with Crippen LogP contribution in [0.4, 0.5) is 0 Å². The molecule has 2 nitrogen and oxygen atoms in total. The fourth-order valence-corrected chi connectivity index (χ4v) is 4.82. The number of hydrogen-bond acceptors (Lipinski definition) is 2. The third-order valence-corrected chi connectivity index (χ3v) is 7.06. The van der Waals surface area contributed by atoms with E-state index >= 15 is 0 Å². The lowest BCUT2D eigenvalue weighted by molar-refractivity contribution is 0.0698. The Labute approximate surface area is 92.9 Å². The molecule has 0 spiro atoms. The number of hydrogen-bond donors (Lipinski definition) is 0. The summed E-state index contributed by atoms with van der Waals surface area (Å²) in [5.74, 6) is 0. The van der Waals surface area contributed by atoms with Gasteiger partial charge in [-0.15, -0.1) is 0 Å². The summed E-state index contributed by atoms with van der Waals surface area (Å²) in [5, 5.41) is 1.52. The van der Waals surface area contributed by atoms with E-state index in [-0.39, 0.29) is 0 Å². The lowest BCUT2D eigenvalue weighted by Crippen LogP contribution is -2.60. The van der Waals surface area contributed by atoms with Crippen LogP contribution in [0, 0.1) is 0 Å². The second-order valence-corrected chi connectivity index (χ2v) is 8.85. The quantitative estimate of drug-likeness (QED) is 0.701. The van der Waals surface area contributed by atoms with E-state index in [1.54, 1.807) is 0 Å². The maximum Gasteiger partial charge on any atom is 0.154 e. The summed E-state index contributed by atoms with van der Waals surface area (Å²) in [6, 6.07) is 10.9. The molecule has 0 unspecified atom stereocenters. The van der Waals surface area contributed by atoms with Crippen molar-refractivity contribution in [1.82, 2.24) is 4.57 Å². The van der Waals surface area contributed by atoms with Crippen LogP contribution in [0.1, 0.15) is 0 Å². The lowest BCUT2D eigenvalue weighted by Gasteiger charge is -2.39. The van der Waals surface area contributed by atoms with Gasteiger partial charge in [0.15, 0.2) is 8.24 Å². The van der Waals surface area contributed by atoms with Gasteiger partial charge in [-0.25, -0.2) is 0 Å². The van der Waals surface area contributed by atoms with E-state index < -0.39 is 8.24 Å². The van der Waals surface area contributed by atoms with Crippen molar-refractivity contribution in [1.29, 1.82) is 0 Å². The van der Waals surface area contributed by atoms with Crippen molar-refractivity contribution in [3.63, 3.8) is 0 Å². The lowest BCUT2D eigenvalue weighted by atomic mass is 10.4. The van der Waals surface area contributed by atoms with E-state index in [0.717, 1.165) is 26.3 Å². The summed E-state index contributed by atoms with van der Waals surface area (Å²) in [5.41, 5.74) is 0. The standard InChI is InChI=1S/C12H19NOSi/c1-15(2,12-6-4-3-5-7-12)13-8-10-14-11-9-13/h3-7H,8-11H2,1-2H3. The molecular formula is C12H19NOSi. The van der Waals surface area contributed by atoms with Crippen LogP contribution < -0.4 is 5.19 Å². The van der Waals surface area contributed by atoms with E-state index in [9.17, 15) is 0 Å². The minimum atomic E-state index is -1.43. The number of morpholine rings is 1. The van der Waals surface area contributed by atoms with E-state index in [0.29, 0.717) is 0 Å². The predicted molar refractivity (Wildman–Crippen MR) is 66.0 cm³/mol. The van der Waals surface area contributed by atoms with Gasteiger partial charge >= 0.3 is 0 Å². The van der Waals surface area contributed by atoms with Gasteiger partial charge in [0.2, 0.25) is 0 Å². The van der Waals surface area contributed by atoms with E-state index in [4.69, 9.17) is 4.74 Å². The van der Waals surface area contributed by atoms with Gasteiger partial charge in [-0.3, -0.25) is 0 Å². The topological polar surface area (TPSA) is 12.5 Å². The molecule has 0 amide bonds. The highest BCUT2D eigenvalue weighted by molar-refractivity contribution is 6.87. The molecule has 0 atom stereocenters. The van der Waals surface area contributed by atoms with Gasteiger partial charge in [-0.2, -0.15) is 0 Å². The van der Waals surface area contributed by atoms with E-state index in [1.807, 2.05) is 0 Å². The second kappa shape index (κ2) is 4.47. The molecule has 82 valence electrons. The van der Waals surface area contributed by atoms with E-state index in [2.05, 4.69) is 48.0 Å². The average molecular weight is 221 g/mol. The highest BCUT2D eigenvalue weighted by Crippen LogP contribution is 2.12. The molecular weight excluding hydrogens is 202 g/mol. The van der Waals surface area contributed by atoms with Gasteiger partial charge in [0, 0.05) is 13.1 Å². The molecule has 0 bridgehead atoms. The van der Waals surface area contributed by atoms with Gasteiger partial charge < -0.3 is 9.30 Å². The molecule has 0 aliphatic carbocycles. The number of nitrogens with zero attached hydrogens (tertiary/aromatic N) is 1. The SMILES string of the molecule is C[Si](C)(c1ccccc1)N1CCOCC1. The van der Waals surface area contributed by atoms with Crippen LogP contribution in [-0.4, -0.2) is 39.1 Å². The monoisotopic (exact) mass is 221 g/mol. The second-order valence-electron chi connectivity index (χ2n) is 4.52. The predicted octanol–water partition coefficient (Wildman–Crippen LogP) is 1.43. The van der Waals surface area contributed by atoms with Crippen LogP contribution in [0.15, 0.2) is 30.3 Å². The Kier molecular flexibility index (Phi) is 3.24. The molecule has 1 fully saturated rings. The third kappa shape index (κ3) is 2.30. The molecule has 0 saturated carbocycles. The molecule has 1 aromatic rings. The zero-order chi connectivity index (χ0) is 10.7. The van der Waals surface area contributed by atoms with Crippen molar-refractivity contribution in [2.24, 2.45) is 0 Å². The van der Waals surface area contributed by atoms with Crippen molar-refractivity contribution in [2.45, 2.75) is 13.1 Å². The van der Waals surface area contributed by atoms with Crippen LogP contribution in [-0.2, 0) is 4.74 Å². The van der Waals surface area contributed by atoms with Gasteiger partial charge in [-0.05, 0) is 5.19 Å². The number of benzene rings is 1. The molecule has 0 radical (unpaired) electrons. The van der Waals surface area contributed by atoms with Crippen molar-refractivity contribution >= 4 is 13.4 Å². The van der Waals surface area contributed by atoms with Gasteiger partial charge in [0.25, 0.3) is 0 Å². The van der Waals surface area contributed by atoms with Crippen LogP contribution in [0.5, 0.6) is 0 Å². The number of rotatable bonds is 2. The molecule has 1 heterocycles. The summed E-state index contributed by atoms with van der Waals surface area (Å²) in [7, 11) is -1.43. The highest BCUT2D eigenvalue weighted by Gasteiger charge is 2.32. The fraction of sp³-hybridized carbons (Fsp3) is 0.500. The van der Waals surface area contributed by atoms with Crippen LogP contribution in [0.25, 0.3) is 0 Å². The molecule has 1 aliphatic rings. The molecule has 0 aromatic heterocycles. The fourth-order valence-electron chi connectivity index (χ4n) is 2.15. The van der Waals surface area contributed by atoms with Crippen LogP contribution in [0.3, 0.4) is 0 Å². The largest absolute Gasteiger partial charge is 0.379 e. The summed E-state index contributed by atoms with van der Waals surface area (Å²) < 4.78 is 8.04. The zero-order valence-electron chi connectivity index (χ0n) is 9.57. The van der Waals surface area contributed by atoms with Crippen LogP contribution in [0.2, 0.25) is 13.1 Å². The first-order chi connectivity index (χ1) is 7.21. The van der Waals surface area contributed by atoms with Crippen molar-refractivity contribution in [3.05, 3.63) is 30.3 Å². The van der Waals surface area contributed by atoms with Crippen molar-refractivity contribution < 1.29 is 4.74 Å². The first kappa shape index (κ1) is 10.9. The smallest absolute Gasteiger partial charge is 0.154 e. The van der Waals surface area contributed by atoms with Gasteiger partial charge in [-0.1, -0.05) is 43.4 Å². The zero-order valence-corrected chi connectivity index (χ0v) is 10.6. The normalized spacial score (nSPS) is 19.1. The molecule has 3 heteroatoms. The maximum absolute atomic E-state index is 5.41. The summed E-state index contributed by atoms with van der Waals surface area (Å²) in [6.45, 7) is 8.82. The minimum Gasteiger partial charge on any atom is -0.379 e. The van der Waals surface area contributed by atoms with Gasteiger partial charge in [0.1, 0.15) is 0 Å². The van der Waals surface area contributed by atoms with Crippen molar-refractivity contribution in [3.8, 4) is 0 Å².